The second kappa shape index (κ2) is 9.43. The van der Waals surface area contributed by atoms with Crippen molar-refractivity contribution in [3.8, 4) is 11.5 Å². The van der Waals surface area contributed by atoms with E-state index in [4.69, 9.17) is 4.74 Å². The fraction of sp³-hybridized carbons (Fsp3) is 0.130. The Kier molecular flexibility index (Phi) is 6.25. The van der Waals surface area contributed by atoms with Crippen LogP contribution in [0.2, 0.25) is 0 Å². The molecule has 8 nitrogen and oxygen atoms in total. The van der Waals surface area contributed by atoms with E-state index >= 15 is 0 Å². The van der Waals surface area contributed by atoms with Gasteiger partial charge in [0.15, 0.2) is 0 Å². The predicted octanol–water partition coefficient (Wildman–Crippen LogP) is 4.26. The minimum atomic E-state index is -0.698. The van der Waals surface area contributed by atoms with Gasteiger partial charge in [0, 0.05) is 43.0 Å². The highest BCUT2D eigenvalue weighted by atomic mass is 19.1. The van der Waals surface area contributed by atoms with Gasteiger partial charge in [-0.1, -0.05) is 6.07 Å². The van der Waals surface area contributed by atoms with Gasteiger partial charge in [-0.2, -0.15) is 0 Å². The van der Waals surface area contributed by atoms with E-state index < -0.39 is 11.6 Å². The van der Waals surface area contributed by atoms with Gasteiger partial charge in [-0.15, -0.1) is 5.10 Å². The van der Waals surface area contributed by atoms with E-state index in [1.165, 1.54) is 12.1 Å². The summed E-state index contributed by atoms with van der Waals surface area (Å²) >= 11 is 0. The van der Waals surface area contributed by atoms with Crippen LogP contribution in [0.5, 0.6) is 11.5 Å². The number of rotatable bonds is 7. The zero-order valence-electron chi connectivity index (χ0n) is 17.8. The van der Waals surface area contributed by atoms with Crippen LogP contribution >= 0.6 is 0 Å². The van der Waals surface area contributed by atoms with Crippen molar-refractivity contribution >= 4 is 17.7 Å². The fourth-order valence-electron chi connectivity index (χ4n) is 3.14. The van der Waals surface area contributed by atoms with Crippen molar-refractivity contribution < 1.29 is 18.3 Å². The number of pyridine rings is 1. The summed E-state index contributed by atoms with van der Waals surface area (Å²) in [7, 11) is 1.76. The second-order valence-electron chi connectivity index (χ2n) is 7.23. The molecule has 0 aliphatic rings. The van der Waals surface area contributed by atoms with Crippen molar-refractivity contribution in [3.63, 3.8) is 0 Å². The van der Waals surface area contributed by atoms with Gasteiger partial charge >= 0.3 is 0 Å². The number of carbonyl (C=O) groups excluding carboxylic acids is 1. The molecule has 2 heterocycles. The summed E-state index contributed by atoms with van der Waals surface area (Å²) in [6.45, 7) is 1.74. The topological polar surface area (TPSA) is 94.0 Å². The van der Waals surface area contributed by atoms with Gasteiger partial charge in [-0.3, -0.25) is 9.48 Å². The van der Waals surface area contributed by atoms with Crippen molar-refractivity contribution in [2.24, 2.45) is 7.05 Å². The van der Waals surface area contributed by atoms with Crippen LogP contribution in [-0.4, -0.2) is 25.7 Å². The van der Waals surface area contributed by atoms with Gasteiger partial charge in [0.25, 0.3) is 5.91 Å². The lowest BCUT2D eigenvalue weighted by Crippen LogP contribution is -2.23. The minimum Gasteiger partial charge on any atom is -0.457 e. The molecule has 0 saturated carbocycles. The molecule has 0 aliphatic carbocycles. The molecule has 0 fully saturated rings. The zero-order chi connectivity index (χ0) is 23.4. The molecular formula is C23H20F2N6O2. The highest BCUT2D eigenvalue weighted by Crippen LogP contribution is 2.28. The van der Waals surface area contributed by atoms with Crippen LogP contribution in [0.25, 0.3) is 0 Å². The van der Waals surface area contributed by atoms with Crippen molar-refractivity contribution in [1.82, 2.24) is 25.1 Å². The van der Waals surface area contributed by atoms with E-state index in [-0.39, 0.29) is 12.5 Å². The lowest BCUT2D eigenvalue weighted by molar-refractivity contribution is 0.0950. The first-order valence-corrected chi connectivity index (χ1v) is 9.97. The van der Waals surface area contributed by atoms with E-state index in [2.05, 4.69) is 25.7 Å². The predicted molar refractivity (Wildman–Crippen MR) is 117 cm³/mol. The number of anilines is 2. The number of aryl methyl sites for hydroxylation is 1. The quantitative estimate of drug-likeness (QED) is 0.437. The summed E-state index contributed by atoms with van der Waals surface area (Å²) in [5.74, 6) is 0.0855. The Hall–Kier alpha value is -4.34. The van der Waals surface area contributed by atoms with E-state index in [0.717, 1.165) is 6.07 Å². The maximum Gasteiger partial charge on any atom is 0.251 e. The third-order valence-electron chi connectivity index (χ3n) is 4.70. The molecule has 33 heavy (non-hydrogen) atoms. The van der Waals surface area contributed by atoms with E-state index in [9.17, 15) is 13.6 Å². The lowest BCUT2D eigenvalue weighted by Gasteiger charge is -2.13. The molecule has 10 heteroatoms. The Morgan fingerprint density at radius 3 is 2.61 bits per heavy atom. The maximum atomic E-state index is 13.4. The summed E-state index contributed by atoms with van der Waals surface area (Å²) in [5.41, 5.74) is 1.32. The van der Waals surface area contributed by atoms with Crippen molar-refractivity contribution in [3.05, 3.63) is 89.4 Å². The first kappa shape index (κ1) is 21.9. The van der Waals surface area contributed by atoms with Crippen LogP contribution in [0.3, 0.4) is 0 Å². The standard InChI is InChI=1S/C23H20F2N6O2/c1-14-19(22(32)27-12-15-8-16(24)10-17(25)9-15)4-3-5-20(14)33-18-6-7-26-21(11-18)29-23-28-13-31(2)30-23/h3-11,13H,12H2,1-2H3,(H,27,32)(H,26,29,30). The summed E-state index contributed by atoms with van der Waals surface area (Å²) in [6.07, 6.45) is 3.14. The molecule has 0 bridgehead atoms. The van der Waals surface area contributed by atoms with Crippen molar-refractivity contribution in [2.45, 2.75) is 13.5 Å². The number of nitrogens with one attached hydrogen (secondary N) is 2. The van der Waals surface area contributed by atoms with Gasteiger partial charge in [-0.25, -0.2) is 18.7 Å². The zero-order valence-corrected chi connectivity index (χ0v) is 17.8. The third-order valence-corrected chi connectivity index (χ3v) is 4.70. The number of benzene rings is 2. The average Bonchev–Trinajstić information content (AvgIpc) is 3.17. The SMILES string of the molecule is Cc1c(Oc2ccnc(Nc3ncn(C)n3)c2)cccc1C(=O)NCc1cc(F)cc(F)c1. The highest BCUT2D eigenvalue weighted by molar-refractivity contribution is 5.96. The van der Waals surface area contributed by atoms with E-state index in [0.29, 0.717) is 40.0 Å². The summed E-state index contributed by atoms with van der Waals surface area (Å²) in [5, 5.41) is 9.80. The average molecular weight is 450 g/mol. The van der Waals surface area contributed by atoms with E-state index in [1.807, 2.05) is 0 Å². The second-order valence-corrected chi connectivity index (χ2v) is 7.23. The molecule has 0 atom stereocenters. The Balaban J connectivity index is 1.46. The molecule has 2 aromatic carbocycles. The largest absolute Gasteiger partial charge is 0.457 e. The number of hydrogen-bond acceptors (Lipinski definition) is 6. The fourth-order valence-corrected chi connectivity index (χ4v) is 3.14. The number of amides is 1. The molecule has 2 aromatic heterocycles. The normalized spacial score (nSPS) is 10.7. The molecule has 4 aromatic rings. The molecule has 1 amide bonds. The van der Waals surface area contributed by atoms with Crippen molar-refractivity contribution in [1.29, 1.82) is 0 Å². The molecule has 0 radical (unpaired) electrons. The van der Waals surface area contributed by atoms with Gasteiger partial charge < -0.3 is 15.4 Å². The van der Waals surface area contributed by atoms with Crippen LogP contribution in [0.4, 0.5) is 20.5 Å². The summed E-state index contributed by atoms with van der Waals surface area (Å²) < 4.78 is 34.3. The van der Waals surface area contributed by atoms with Crippen LogP contribution in [0.1, 0.15) is 21.5 Å². The third kappa shape index (κ3) is 5.48. The summed E-state index contributed by atoms with van der Waals surface area (Å²) in [4.78, 5) is 21.0. The molecule has 0 saturated heterocycles. The molecule has 4 rings (SSSR count). The minimum absolute atomic E-state index is 0.0149. The lowest BCUT2D eigenvalue weighted by atomic mass is 10.1. The molecule has 0 unspecified atom stereocenters. The van der Waals surface area contributed by atoms with Crippen LogP contribution < -0.4 is 15.4 Å². The molecule has 168 valence electrons. The van der Waals surface area contributed by atoms with Gasteiger partial charge in [-0.05, 0) is 42.8 Å². The van der Waals surface area contributed by atoms with Gasteiger partial charge in [0.05, 0.1) is 0 Å². The summed E-state index contributed by atoms with van der Waals surface area (Å²) in [6, 6.07) is 11.6. The molecule has 0 spiro atoms. The number of halogens is 2. The van der Waals surface area contributed by atoms with Gasteiger partial charge in [0.1, 0.15) is 35.3 Å². The van der Waals surface area contributed by atoms with Crippen LogP contribution in [0, 0.1) is 18.6 Å². The van der Waals surface area contributed by atoms with Crippen LogP contribution in [-0.2, 0) is 13.6 Å². The number of carbonyl (C=O) groups is 1. The number of aromatic nitrogens is 4. The number of nitrogens with zero attached hydrogens (tertiary/aromatic N) is 4. The van der Waals surface area contributed by atoms with Crippen LogP contribution in [0.15, 0.2) is 61.1 Å². The highest BCUT2D eigenvalue weighted by Gasteiger charge is 2.14. The number of hydrogen-bond donors (Lipinski definition) is 2. The monoisotopic (exact) mass is 450 g/mol. The Labute approximate surface area is 188 Å². The number of ether oxygens (including phenoxy) is 1. The van der Waals surface area contributed by atoms with Crippen molar-refractivity contribution in [2.75, 3.05) is 5.32 Å². The first-order valence-electron chi connectivity index (χ1n) is 9.97. The Bertz CT molecular complexity index is 1290. The Morgan fingerprint density at radius 2 is 1.88 bits per heavy atom. The molecule has 2 N–H and O–H groups in total. The smallest absolute Gasteiger partial charge is 0.251 e. The molecule has 0 aliphatic heterocycles. The Morgan fingerprint density at radius 1 is 1.09 bits per heavy atom. The first-order chi connectivity index (χ1) is 15.9. The van der Waals surface area contributed by atoms with E-state index in [1.54, 1.807) is 61.5 Å². The van der Waals surface area contributed by atoms with Gasteiger partial charge in [0.2, 0.25) is 5.95 Å². The maximum absolute atomic E-state index is 13.4. The molecular weight excluding hydrogens is 430 g/mol.